The molecule has 2 unspecified atom stereocenters. The van der Waals surface area contributed by atoms with Crippen molar-refractivity contribution >= 4 is 17.3 Å². The molecule has 3 heterocycles. The van der Waals surface area contributed by atoms with Crippen molar-refractivity contribution in [1.82, 2.24) is 4.90 Å². The van der Waals surface area contributed by atoms with E-state index in [1.165, 1.54) is 20.1 Å². The summed E-state index contributed by atoms with van der Waals surface area (Å²) in [6, 6.07) is 4.46. The maximum Gasteiger partial charge on any atom is 0.197 e. The molecule has 7 rings (SSSR count). The van der Waals surface area contributed by atoms with E-state index < -0.39 is 77.3 Å². The maximum atomic E-state index is 13.9. The third-order valence-electron chi connectivity index (χ3n) is 10.2. The van der Waals surface area contributed by atoms with Gasteiger partial charge in [0, 0.05) is 55.7 Å². The van der Waals surface area contributed by atoms with Gasteiger partial charge in [-0.2, -0.15) is 0 Å². The number of Topliss-reactive ketones (excluding diaryl/α,β-unsaturated/α-hetero) is 3. The standard InChI is InChI=1S/C32H37NO12/c1-13-29-17(33-8-9-42-31(41-4)30(33)45-29)10-20(43-13)44-19-12-32(39,14(2)34)11-16-22(19)28(38)24-23(26(16)36)25(35)15-6-5-7-18(40-3)21(15)27(24)37/h5-7,13,17,19-20,23-24,29-31,36,38-39H,8-12H2,1-4H3/t13-,17-,19-,20-,23?,24?,29+,30+,31-,32-/m0/s1. The Morgan fingerprint density at radius 2 is 1.84 bits per heavy atom. The number of allylic oxidation sites excluding steroid dienone is 2. The third kappa shape index (κ3) is 4.51. The summed E-state index contributed by atoms with van der Waals surface area (Å²) in [5, 5.41) is 34.9. The van der Waals surface area contributed by atoms with Crippen LogP contribution < -0.4 is 4.74 Å². The zero-order chi connectivity index (χ0) is 31.9. The number of ether oxygens (including phenoxy) is 6. The molecule has 3 aliphatic heterocycles. The van der Waals surface area contributed by atoms with E-state index in [0.29, 0.717) is 19.6 Å². The summed E-state index contributed by atoms with van der Waals surface area (Å²) < 4.78 is 35.5. The van der Waals surface area contributed by atoms with Crippen LogP contribution in [0.4, 0.5) is 0 Å². The number of aliphatic hydroxyl groups excluding tert-OH is 2. The molecule has 13 nitrogen and oxygen atoms in total. The molecule has 0 aromatic heterocycles. The summed E-state index contributed by atoms with van der Waals surface area (Å²) in [5.74, 6) is -5.35. The lowest BCUT2D eigenvalue weighted by atomic mass is 9.63. The highest BCUT2D eigenvalue weighted by Crippen LogP contribution is 2.52. The second-order valence-electron chi connectivity index (χ2n) is 12.6. The molecule has 3 N–H and O–H groups in total. The number of fused-ring (bicyclic) bond motifs is 6. The number of hydrogen-bond acceptors (Lipinski definition) is 13. The van der Waals surface area contributed by atoms with Crippen LogP contribution in [0.1, 0.15) is 53.8 Å². The Labute approximate surface area is 259 Å². The van der Waals surface area contributed by atoms with Crippen LogP contribution >= 0.6 is 0 Å². The Kier molecular flexibility index (Phi) is 7.43. The molecular formula is C32H37NO12. The van der Waals surface area contributed by atoms with Crippen molar-refractivity contribution in [2.24, 2.45) is 11.8 Å². The fourth-order valence-corrected chi connectivity index (χ4v) is 8.00. The van der Waals surface area contributed by atoms with Crippen LogP contribution in [0.5, 0.6) is 5.75 Å². The SMILES string of the molecule is COc1cccc2c1C(=O)C1C(O)=C3C(=C(O)C1C2=O)C[C@@](O)(C(C)=O)C[C@@H]3O[C@H]1C[C@H]2[C@H](O[C@@H]3[C@@H](OC)OCCN32)[C@H](C)O1. The van der Waals surface area contributed by atoms with Gasteiger partial charge in [0.25, 0.3) is 0 Å². The molecule has 45 heavy (non-hydrogen) atoms. The van der Waals surface area contributed by atoms with Gasteiger partial charge in [0.2, 0.25) is 0 Å². The Hall–Kier alpha value is -3.17. The molecule has 1 aromatic carbocycles. The van der Waals surface area contributed by atoms with Gasteiger partial charge in [-0.05, 0) is 19.9 Å². The second kappa shape index (κ2) is 11.0. The molecule has 0 spiro atoms. The molecule has 242 valence electrons. The highest BCUT2D eigenvalue weighted by atomic mass is 16.7. The van der Waals surface area contributed by atoms with Crippen molar-refractivity contribution in [2.75, 3.05) is 27.4 Å². The molecule has 0 amide bonds. The lowest BCUT2D eigenvalue weighted by molar-refractivity contribution is -0.253. The zero-order valence-corrected chi connectivity index (χ0v) is 25.4. The number of aliphatic hydroxyl groups is 3. The Bertz CT molecular complexity index is 1520. The lowest BCUT2D eigenvalue weighted by Crippen LogP contribution is -2.56. The Balaban J connectivity index is 1.26. The van der Waals surface area contributed by atoms with Crippen molar-refractivity contribution in [1.29, 1.82) is 0 Å². The van der Waals surface area contributed by atoms with Crippen LogP contribution in [0.25, 0.3) is 0 Å². The third-order valence-corrected chi connectivity index (χ3v) is 10.2. The normalized spacial score (nSPS) is 39.5. The van der Waals surface area contributed by atoms with Gasteiger partial charge in [0.15, 0.2) is 36.2 Å². The highest BCUT2D eigenvalue weighted by molar-refractivity contribution is 6.19. The van der Waals surface area contributed by atoms with Crippen LogP contribution in [0.3, 0.4) is 0 Å². The topological polar surface area (TPSA) is 171 Å². The number of carbonyl (C=O) groups is 3. The van der Waals surface area contributed by atoms with Crippen molar-refractivity contribution in [3.63, 3.8) is 0 Å². The molecule has 1 saturated carbocycles. The summed E-state index contributed by atoms with van der Waals surface area (Å²) in [6.07, 6.45) is -4.00. The average molecular weight is 628 g/mol. The number of morpholine rings is 1. The predicted molar refractivity (Wildman–Crippen MR) is 153 cm³/mol. The van der Waals surface area contributed by atoms with E-state index in [0.717, 1.165) is 0 Å². The minimum Gasteiger partial charge on any atom is -0.511 e. The first-order chi connectivity index (χ1) is 21.5. The summed E-state index contributed by atoms with van der Waals surface area (Å²) in [7, 11) is 2.93. The number of methoxy groups -OCH3 is 2. The van der Waals surface area contributed by atoms with Crippen LogP contribution in [-0.4, -0.2) is 114 Å². The van der Waals surface area contributed by atoms with E-state index in [-0.39, 0.29) is 53.0 Å². The Morgan fingerprint density at radius 3 is 2.56 bits per heavy atom. The maximum absolute atomic E-state index is 13.9. The number of rotatable bonds is 5. The van der Waals surface area contributed by atoms with E-state index in [1.54, 1.807) is 19.2 Å². The lowest BCUT2D eigenvalue weighted by Gasteiger charge is -2.46. The van der Waals surface area contributed by atoms with Crippen molar-refractivity contribution < 1.29 is 58.1 Å². The minimum atomic E-state index is -1.96. The van der Waals surface area contributed by atoms with Crippen molar-refractivity contribution in [2.45, 2.75) is 81.9 Å². The number of nitrogens with zero attached hydrogens (tertiary/aromatic N) is 1. The van der Waals surface area contributed by atoms with Crippen molar-refractivity contribution in [3.8, 4) is 5.75 Å². The monoisotopic (exact) mass is 627 g/mol. The highest BCUT2D eigenvalue weighted by Gasteiger charge is 2.58. The van der Waals surface area contributed by atoms with Gasteiger partial charge < -0.3 is 43.7 Å². The van der Waals surface area contributed by atoms with E-state index in [2.05, 4.69) is 4.90 Å². The smallest absolute Gasteiger partial charge is 0.197 e. The molecule has 3 aliphatic carbocycles. The van der Waals surface area contributed by atoms with Crippen LogP contribution in [-0.2, 0) is 28.5 Å². The fraction of sp³-hybridized carbons (Fsp3) is 0.594. The average Bonchev–Trinajstić information content (AvgIpc) is 3.40. The summed E-state index contributed by atoms with van der Waals surface area (Å²) >= 11 is 0. The number of benzene rings is 1. The van der Waals surface area contributed by atoms with Gasteiger partial charge >= 0.3 is 0 Å². The molecule has 3 saturated heterocycles. The van der Waals surface area contributed by atoms with E-state index in [1.807, 2.05) is 6.92 Å². The van der Waals surface area contributed by atoms with E-state index in [9.17, 15) is 29.7 Å². The number of carbonyl (C=O) groups excluding carboxylic acids is 3. The fourth-order valence-electron chi connectivity index (χ4n) is 8.00. The van der Waals surface area contributed by atoms with Gasteiger partial charge in [-0.1, -0.05) is 12.1 Å². The van der Waals surface area contributed by atoms with Gasteiger partial charge in [-0.3, -0.25) is 19.3 Å². The quantitative estimate of drug-likeness (QED) is 0.433. The molecule has 10 atom stereocenters. The van der Waals surface area contributed by atoms with Gasteiger partial charge in [-0.15, -0.1) is 0 Å². The predicted octanol–water partition coefficient (Wildman–Crippen LogP) is 1.98. The van der Waals surface area contributed by atoms with E-state index >= 15 is 0 Å². The molecule has 6 aliphatic rings. The molecule has 0 radical (unpaired) electrons. The number of hydrogen-bond donors (Lipinski definition) is 3. The molecular weight excluding hydrogens is 590 g/mol. The zero-order valence-electron chi connectivity index (χ0n) is 25.4. The molecule has 4 fully saturated rings. The van der Waals surface area contributed by atoms with Crippen molar-refractivity contribution in [3.05, 3.63) is 52.0 Å². The van der Waals surface area contributed by atoms with Crippen LogP contribution in [0.15, 0.2) is 40.9 Å². The van der Waals surface area contributed by atoms with Crippen LogP contribution in [0, 0.1) is 11.8 Å². The first-order valence-electron chi connectivity index (χ1n) is 15.2. The molecule has 0 bridgehead atoms. The van der Waals surface area contributed by atoms with Gasteiger partial charge in [0.05, 0.1) is 43.3 Å². The summed E-state index contributed by atoms with van der Waals surface area (Å²) in [5.41, 5.74) is -1.80. The largest absolute Gasteiger partial charge is 0.511 e. The van der Waals surface area contributed by atoms with Crippen LogP contribution in [0.2, 0.25) is 0 Å². The second-order valence-corrected chi connectivity index (χ2v) is 12.6. The van der Waals surface area contributed by atoms with Gasteiger partial charge in [-0.25, -0.2) is 0 Å². The summed E-state index contributed by atoms with van der Waals surface area (Å²) in [4.78, 5) is 42.6. The Morgan fingerprint density at radius 1 is 1.09 bits per heavy atom. The van der Waals surface area contributed by atoms with Gasteiger partial charge in [0.1, 0.15) is 29.0 Å². The van der Waals surface area contributed by atoms with E-state index in [4.69, 9.17) is 28.4 Å². The minimum absolute atomic E-state index is 0.0114. The first-order valence-corrected chi connectivity index (χ1v) is 15.2. The molecule has 1 aromatic rings. The molecule has 13 heteroatoms. The summed E-state index contributed by atoms with van der Waals surface area (Å²) in [6.45, 7) is 4.15. The first kappa shape index (κ1) is 30.5. The number of ketones is 3.